The Balaban J connectivity index is 2.67. The minimum Gasteiger partial charge on any atom is -0.479 e. The first kappa shape index (κ1) is 15.0. The van der Waals surface area contributed by atoms with Crippen LogP contribution in [0.2, 0.25) is 0 Å². The summed E-state index contributed by atoms with van der Waals surface area (Å²) in [7, 11) is 1.38. The fourth-order valence-corrected chi connectivity index (χ4v) is 2.75. The minimum atomic E-state index is -0.364. The molecule has 0 aliphatic carbocycles. The predicted molar refractivity (Wildman–Crippen MR) is 77.8 cm³/mol. The Hall–Kier alpha value is -1.07. The average Bonchev–Trinajstić information content (AvgIpc) is 2.38. The summed E-state index contributed by atoms with van der Waals surface area (Å²) in [6.07, 6.45) is 0.575. The second-order valence-corrected chi connectivity index (χ2v) is 5.31. The number of thioether (sulfide) groups is 1. The normalized spacial score (nSPS) is 11.7. The predicted octanol–water partition coefficient (Wildman–Crippen LogP) is 2.83. The molecular weight excluding hydrogens is 268 g/mol. The SMILES string of the molecule is CCOC(=S)SC(Cc1ccccc1)C(=O)OC. The highest BCUT2D eigenvalue weighted by molar-refractivity contribution is 8.23. The maximum Gasteiger partial charge on any atom is 0.319 e. The zero-order chi connectivity index (χ0) is 13.4. The van der Waals surface area contributed by atoms with Crippen molar-refractivity contribution in [3.8, 4) is 0 Å². The zero-order valence-corrected chi connectivity index (χ0v) is 12.1. The number of methoxy groups -OCH3 is 1. The van der Waals surface area contributed by atoms with Crippen molar-refractivity contribution in [3.05, 3.63) is 35.9 Å². The van der Waals surface area contributed by atoms with E-state index in [0.29, 0.717) is 17.4 Å². The number of rotatable bonds is 5. The van der Waals surface area contributed by atoms with Gasteiger partial charge in [-0.25, -0.2) is 0 Å². The number of ether oxygens (including phenoxy) is 2. The van der Waals surface area contributed by atoms with Gasteiger partial charge in [-0.1, -0.05) is 42.1 Å². The largest absolute Gasteiger partial charge is 0.479 e. The molecule has 1 aromatic rings. The first-order chi connectivity index (χ1) is 8.67. The smallest absolute Gasteiger partial charge is 0.319 e. The molecule has 0 N–H and O–H groups in total. The third-order valence-corrected chi connectivity index (χ3v) is 3.59. The van der Waals surface area contributed by atoms with E-state index in [4.69, 9.17) is 21.7 Å². The maximum atomic E-state index is 11.7. The molecule has 0 bridgehead atoms. The number of thiocarbonyl (C=S) groups is 1. The van der Waals surface area contributed by atoms with E-state index >= 15 is 0 Å². The number of carbonyl (C=O) groups is 1. The van der Waals surface area contributed by atoms with Gasteiger partial charge in [-0.3, -0.25) is 4.79 Å². The molecule has 0 amide bonds. The summed E-state index contributed by atoms with van der Waals surface area (Å²) >= 11 is 6.28. The van der Waals surface area contributed by atoms with Crippen molar-refractivity contribution in [2.75, 3.05) is 13.7 Å². The fourth-order valence-electron chi connectivity index (χ4n) is 1.40. The molecule has 1 unspecified atom stereocenters. The van der Waals surface area contributed by atoms with Gasteiger partial charge in [0.1, 0.15) is 5.25 Å². The van der Waals surface area contributed by atoms with Crippen LogP contribution in [0.15, 0.2) is 30.3 Å². The molecule has 0 aliphatic heterocycles. The van der Waals surface area contributed by atoms with Crippen molar-refractivity contribution in [2.45, 2.75) is 18.6 Å². The Morgan fingerprint density at radius 3 is 2.61 bits per heavy atom. The second-order valence-electron chi connectivity index (χ2n) is 3.50. The van der Waals surface area contributed by atoms with Gasteiger partial charge >= 0.3 is 5.97 Å². The van der Waals surface area contributed by atoms with E-state index in [1.165, 1.54) is 18.9 Å². The quantitative estimate of drug-likeness (QED) is 0.614. The summed E-state index contributed by atoms with van der Waals surface area (Å²) in [5.41, 5.74) is 1.07. The van der Waals surface area contributed by atoms with Gasteiger partial charge in [0.25, 0.3) is 0 Å². The highest BCUT2D eigenvalue weighted by Crippen LogP contribution is 2.20. The van der Waals surface area contributed by atoms with Crippen molar-refractivity contribution >= 4 is 34.3 Å². The monoisotopic (exact) mass is 284 g/mol. The lowest BCUT2D eigenvalue weighted by Gasteiger charge is -2.14. The standard InChI is InChI=1S/C13H16O3S2/c1-3-16-13(17)18-11(12(14)15-2)9-10-7-5-4-6-8-10/h4-8,11H,3,9H2,1-2H3. The van der Waals surface area contributed by atoms with Gasteiger partial charge in [-0.05, 0) is 31.1 Å². The van der Waals surface area contributed by atoms with Gasteiger partial charge in [-0.2, -0.15) is 0 Å². The Morgan fingerprint density at radius 1 is 1.39 bits per heavy atom. The third-order valence-electron chi connectivity index (χ3n) is 2.23. The lowest BCUT2D eigenvalue weighted by molar-refractivity contribution is -0.139. The molecule has 0 radical (unpaired) electrons. The lowest BCUT2D eigenvalue weighted by Crippen LogP contribution is -2.23. The molecule has 0 spiro atoms. The highest BCUT2D eigenvalue weighted by Gasteiger charge is 2.22. The van der Waals surface area contributed by atoms with E-state index in [-0.39, 0.29) is 11.2 Å². The molecule has 0 aromatic heterocycles. The zero-order valence-electron chi connectivity index (χ0n) is 10.4. The van der Waals surface area contributed by atoms with Crippen molar-refractivity contribution < 1.29 is 14.3 Å². The Bertz CT molecular complexity index is 392. The van der Waals surface area contributed by atoms with Crippen LogP contribution >= 0.6 is 24.0 Å². The first-order valence-electron chi connectivity index (χ1n) is 5.62. The molecule has 98 valence electrons. The summed E-state index contributed by atoms with van der Waals surface area (Å²) in [4.78, 5) is 11.7. The topological polar surface area (TPSA) is 35.5 Å². The van der Waals surface area contributed by atoms with Crippen LogP contribution in [-0.2, 0) is 20.7 Å². The molecule has 1 rings (SSSR count). The second kappa shape index (κ2) is 8.11. The molecule has 1 atom stereocenters. The number of carbonyl (C=O) groups excluding carboxylic acids is 1. The molecule has 0 saturated heterocycles. The molecule has 18 heavy (non-hydrogen) atoms. The number of hydrogen-bond donors (Lipinski definition) is 0. The van der Waals surface area contributed by atoms with Crippen LogP contribution < -0.4 is 0 Å². The van der Waals surface area contributed by atoms with Gasteiger partial charge < -0.3 is 9.47 Å². The molecule has 0 fully saturated rings. The van der Waals surface area contributed by atoms with Crippen LogP contribution in [0.25, 0.3) is 0 Å². The summed E-state index contributed by atoms with van der Waals surface area (Å²) in [6.45, 7) is 2.36. The van der Waals surface area contributed by atoms with Crippen LogP contribution in [0.4, 0.5) is 0 Å². The van der Waals surface area contributed by atoms with Crippen LogP contribution in [0.3, 0.4) is 0 Å². The van der Waals surface area contributed by atoms with Crippen molar-refractivity contribution in [2.24, 2.45) is 0 Å². The van der Waals surface area contributed by atoms with E-state index in [9.17, 15) is 4.79 Å². The van der Waals surface area contributed by atoms with Gasteiger partial charge in [-0.15, -0.1) is 0 Å². The first-order valence-corrected chi connectivity index (χ1v) is 6.91. The van der Waals surface area contributed by atoms with Crippen molar-refractivity contribution in [1.29, 1.82) is 0 Å². The third kappa shape index (κ3) is 5.06. The number of hydrogen-bond acceptors (Lipinski definition) is 5. The van der Waals surface area contributed by atoms with E-state index in [1.807, 2.05) is 37.3 Å². The molecule has 0 aliphatic rings. The van der Waals surface area contributed by atoms with Gasteiger partial charge in [0.15, 0.2) is 0 Å². The van der Waals surface area contributed by atoms with Crippen molar-refractivity contribution in [3.63, 3.8) is 0 Å². The molecule has 5 heteroatoms. The number of esters is 1. The Morgan fingerprint density at radius 2 is 2.06 bits per heavy atom. The van der Waals surface area contributed by atoms with Crippen LogP contribution in [0, 0.1) is 0 Å². The molecular formula is C13H16O3S2. The Kier molecular flexibility index (Phi) is 6.75. The van der Waals surface area contributed by atoms with Crippen LogP contribution in [0.1, 0.15) is 12.5 Å². The molecule has 3 nitrogen and oxygen atoms in total. The lowest BCUT2D eigenvalue weighted by atomic mass is 10.1. The van der Waals surface area contributed by atoms with Gasteiger partial charge in [0, 0.05) is 0 Å². The van der Waals surface area contributed by atoms with E-state index in [2.05, 4.69) is 0 Å². The molecule has 0 heterocycles. The van der Waals surface area contributed by atoms with Gasteiger partial charge in [0.2, 0.25) is 4.38 Å². The molecule has 1 aromatic carbocycles. The summed E-state index contributed by atoms with van der Waals surface area (Å²) < 4.78 is 10.4. The molecule has 0 saturated carbocycles. The average molecular weight is 284 g/mol. The summed E-state index contributed by atoms with van der Waals surface area (Å²) in [5, 5.41) is -0.364. The fraction of sp³-hybridized carbons (Fsp3) is 0.385. The van der Waals surface area contributed by atoms with Crippen LogP contribution in [0.5, 0.6) is 0 Å². The van der Waals surface area contributed by atoms with E-state index < -0.39 is 0 Å². The minimum absolute atomic E-state index is 0.286. The van der Waals surface area contributed by atoms with E-state index in [0.717, 1.165) is 5.56 Å². The summed E-state index contributed by atoms with van der Waals surface area (Å²) in [5.74, 6) is -0.286. The van der Waals surface area contributed by atoms with Crippen LogP contribution in [-0.4, -0.2) is 29.3 Å². The van der Waals surface area contributed by atoms with E-state index in [1.54, 1.807) is 0 Å². The maximum absolute atomic E-state index is 11.7. The Labute approximate surface area is 117 Å². The van der Waals surface area contributed by atoms with Gasteiger partial charge in [0.05, 0.1) is 13.7 Å². The highest BCUT2D eigenvalue weighted by atomic mass is 32.2. The number of benzene rings is 1. The van der Waals surface area contributed by atoms with Crippen molar-refractivity contribution in [1.82, 2.24) is 0 Å². The summed E-state index contributed by atoms with van der Waals surface area (Å²) in [6, 6.07) is 9.76.